The van der Waals surface area contributed by atoms with Crippen molar-refractivity contribution in [3.8, 4) is 0 Å². The maximum atomic E-state index is 13.0. The molecule has 0 aliphatic carbocycles. The Kier molecular flexibility index (Phi) is 6.36. The normalized spacial score (nSPS) is 24.4. The van der Waals surface area contributed by atoms with Gasteiger partial charge in [0, 0.05) is 0 Å². The zero-order valence-electron chi connectivity index (χ0n) is 17.2. The van der Waals surface area contributed by atoms with E-state index in [2.05, 4.69) is 30.7 Å². The molecule has 1 aromatic rings. The van der Waals surface area contributed by atoms with E-state index >= 15 is 0 Å². The van der Waals surface area contributed by atoms with Crippen LogP contribution in [-0.4, -0.2) is 49.6 Å². The van der Waals surface area contributed by atoms with Gasteiger partial charge in [-0.25, -0.2) is 9.59 Å². The van der Waals surface area contributed by atoms with Crippen molar-refractivity contribution in [2.75, 3.05) is 26.5 Å². The minimum atomic E-state index is -2.42. The van der Waals surface area contributed by atoms with Gasteiger partial charge in [0.25, 0.3) is 5.78 Å². The summed E-state index contributed by atoms with van der Waals surface area (Å²) in [6, 6.07) is 4.16. The Morgan fingerprint density at radius 1 is 0.889 bits per heavy atom. The van der Waals surface area contributed by atoms with Gasteiger partial charge >= 0.3 is 11.9 Å². The highest BCUT2D eigenvalue weighted by Gasteiger charge is 2.45. The van der Waals surface area contributed by atoms with E-state index in [0.717, 1.165) is 29.1 Å². The molecule has 1 saturated heterocycles. The van der Waals surface area contributed by atoms with E-state index < -0.39 is 24.6 Å². The van der Waals surface area contributed by atoms with Crippen LogP contribution >= 0.6 is 6.89 Å². The van der Waals surface area contributed by atoms with Crippen molar-refractivity contribution < 1.29 is 23.9 Å². The summed E-state index contributed by atoms with van der Waals surface area (Å²) in [4.78, 5) is 37.8. The van der Waals surface area contributed by atoms with E-state index in [0.29, 0.717) is 24.2 Å². The van der Waals surface area contributed by atoms with Crippen LogP contribution in [0.25, 0.3) is 0 Å². The summed E-state index contributed by atoms with van der Waals surface area (Å²) in [5, 5.41) is 1.06. The Labute approximate surface area is 161 Å². The predicted octanol–water partition coefficient (Wildman–Crippen LogP) is 2.63. The molecule has 0 amide bonds. The summed E-state index contributed by atoms with van der Waals surface area (Å²) in [5.74, 6) is -1.91. The van der Waals surface area contributed by atoms with E-state index in [1.807, 2.05) is 20.8 Å². The largest absolute Gasteiger partial charge is 0.465 e. The number of methoxy groups -OCH3 is 2. The van der Waals surface area contributed by atoms with Gasteiger partial charge in [-0.15, -0.1) is 0 Å². The highest BCUT2D eigenvalue weighted by Crippen LogP contribution is 2.59. The highest BCUT2D eigenvalue weighted by molar-refractivity contribution is 7.86. The first-order chi connectivity index (χ1) is 12.6. The predicted molar refractivity (Wildman–Crippen MR) is 109 cm³/mol. The van der Waals surface area contributed by atoms with Gasteiger partial charge in [0.1, 0.15) is 5.29 Å². The van der Waals surface area contributed by atoms with Crippen molar-refractivity contribution in [1.29, 1.82) is 0 Å². The van der Waals surface area contributed by atoms with Gasteiger partial charge in [0.15, 0.2) is 0 Å². The van der Waals surface area contributed by atoms with Crippen LogP contribution in [0.2, 0.25) is 0 Å². The van der Waals surface area contributed by atoms with Gasteiger partial charge in [-0.2, -0.15) is 0 Å². The maximum absolute atomic E-state index is 13.0. The molecule has 1 aliphatic heterocycles. The topological polar surface area (TPSA) is 69.7 Å². The van der Waals surface area contributed by atoms with Crippen molar-refractivity contribution in [2.24, 2.45) is 11.8 Å². The number of aryl methyl sites for hydroxylation is 3. The van der Waals surface area contributed by atoms with Crippen LogP contribution in [0.4, 0.5) is 0 Å². The van der Waals surface area contributed by atoms with E-state index in [-0.39, 0.29) is 5.29 Å². The van der Waals surface area contributed by atoms with E-state index in [4.69, 9.17) is 4.74 Å². The molecular weight excluding hydrogens is 363 g/mol. The summed E-state index contributed by atoms with van der Waals surface area (Å²) >= 11 is 0. The molecule has 1 heterocycles. The van der Waals surface area contributed by atoms with Crippen LogP contribution in [0, 0.1) is 32.6 Å². The lowest BCUT2D eigenvalue weighted by molar-refractivity contribution is -0.149. The number of benzene rings is 1. The van der Waals surface area contributed by atoms with Crippen LogP contribution in [-0.2, 0) is 23.9 Å². The van der Waals surface area contributed by atoms with Crippen LogP contribution in [0.1, 0.15) is 30.5 Å². The molecule has 6 heteroatoms. The molecule has 1 fully saturated rings. The smallest absolute Gasteiger partial charge is 0.379 e. The molecule has 0 radical (unpaired) electrons. The molecule has 2 rings (SSSR count). The second-order valence-electron chi connectivity index (χ2n) is 7.70. The number of hydrogen-bond donors (Lipinski definition) is 0. The molecule has 0 saturated carbocycles. The zero-order valence-corrected chi connectivity index (χ0v) is 18.1. The lowest BCUT2D eigenvalue weighted by Crippen LogP contribution is -2.36. The molecule has 2 atom stereocenters. The summed E-state index contributed by atoms with van der Waals surface area (Å²) in [5.41, 5.74) is 3.24. The fraction of sp³-hybridized carbons (Fsp3) is 0.524. The summed E-state index contributed by atoms with van der Waals surface area (Å²) in [7, 11) is 2.41. The molecular formula is C21H29O5P. The number of ketones is 1. The Bertz CT molecular complexity index is 815. The Hall–Kier alpha value is -1.87. The number of carbonyl (C=O) groups is 3. The van der Waals surface area contributed by atoms with Gasteiger partial charge in [-0.05, 0) is 61.4 Å². The van der Waals surface area contributed by atoms with Gasteiger partial charge in [0.2, 0.25) is 0 Å². The molecule has 5 nitrogen and oxygen atoms in total. The fourth-order valence-electron chi connectivity index (χ4n) is 4.49. The average Bonchev–Trinajstić information content (AvgIpc) is 2.87. The Morgan fingerprint density at radius 3 is 1.74 bits per heavy atom. The minimum Gasteiger partial charge on any atom is -0.465 e. The van der Waals surface area contributed by atoms with Crippen molar-refractivity contribution in [1.82, 2.24) is 0 Å². The van der Waals surface area contributed by atoms with E-state index in [1.54, 1.807) is 0 Å². The lowest BCUT2D eigenvalue weighted by Gasteiger charge is -2.29. The third-order valence-electron chi connectivity index (χ3n) is 5.63. The van der Waals surface area contributed by atoms with Crippen LogP contribution in [0.5, 0.6) is 0 Å². The van der Waals surface area contributed by atoms with Gasteiger partial charge < -0.3 is 9.47 Å². The molecule has 27 heavy (non-hydrogen) atoms. The first kappa shape index (κ1) is 21.4. The molecule has 0 spiro atoms. The van der Waals surface area contributed by atoms with Crippen LogP contribution in [0.15, 0.2) is 12.1 Å². The minimum absolute atomic E-state index is 0.00287. The van der Waals surface area contributed by atoms with Gasteiger partial charge in [0.05, 0.1) is 14.2 Å². The molecule has 0 bridgehead atoms. The maximum Gasteiger partial charge on any atom is 0.379 e. The van der Waals surface area contributed by atoms with Crippen molar-refractivity contribution in [2.45, 2.75) is 34.6 Å². The molecule has 0 N–H and O–H groups in total. The number of esters is 2. The van der Waals surface area contributed by atoms with Gasteiger partial charge in [-0.1, -0.05) is 38.4 Å². The van der Waals surface area contributed by atoms with E-state index in [9.17, 15) is 14.4 Å². The monoisotopic (exact) mass is 392 g/mol. The van der Waals surface area contributed by atoms with Crippen molar-refractivity contribution in [3.05, 3.63) is 28.8 Å². The summed E-state index contributed by atoms with van der Waals surface area (Å²) < 4.78 is 9.65. The average molecular weight is 392 g/mol. The fourth-order valence-corrected chi connectivity index (χ4v) is 10.7. The van der Waals surface area contributed by atoms with Crippen molar-refractivity contribution in [3.63, 3.8) is 0 Å². The first-order valence-corrected chi connectivity index (χ1v) is 11.3. The zero-order chi connectivity index (χ0) is 20.5. The molecule has 1 aromatic carbocycles. The number of rotatable bonds is 4. The third-order valence-corrected chi connectivity index (χ3v) is 10.8. The molecule has 2 unspecified atom stereocenters. The highest BCUT2D eigenvalue weighted by atomic mass is 31.2. The molecule has 1 aliphatic rings. The van der Waals surface area contributed by atoms with E-state index in [1.165, 1.54) is 7.11 Å². The molecule has 0 aromatic heterocycles. The quantitative estimate of drug-likeness (QED) is 0.341. The standard InChI is InChI=1S/C21H29O5P/c1-12-8-13(2)18(14(3)9-12)27(10-15(4)16(5)11-27)19(21(24)26-7)17(22)20(23)25-6/h8-9,15-16H,10-11H2,1-7H3. The second-order valence-corrected chi connectivity index (χ2v) is 11.3. The number of Topliss-reactive ketones (excluding diaryl/α,β-unsaturated/α-hetero) is 1. The summed E-state index contributed by atoms with van der Waals surface area (Å²) in [6.07, 6.45) is 1.43. The Morgan fingerprint density at radius 2 is 1.33 bits per heavy atom. The first-order valence-electron chi connectivity index (χ1n) is 9.13. The van der Waals surface area contributed by atoms with Crippen LogP contribution in [0.3, 0.4) is 0 Å². The van der Waals surface area contributed by atoms with Crippen LogP contribution < -0.4 is 5.30 Å². The number of carbonyl (C=O) groups excluding carboxylic acids is 3. The third kappa shape index (κ3) is 3.75. The SMILES string of the molecule is COC(=O)C(=O)C(C(=O)OC)=P1(c2c(C)cc(C)cc2C)CC(C)C(C)C1. The molecule has 148 valence electrons. The van der Waals surface area contributed by atoms with Crippen molar-refractivity contribution >= 4 is 35.2 Å². The lowest BCUT2D eigenvalue weighted by atomic mass is 10.0. The number of hydrogen-bond acceptors (Lipinski definition) is 5. The second kappa shape index (κ2) is 8.02. The summed E-state index contributed by atoms with van der Waals surface area (Å²) in [6.45, 7) is 7.92. The Balaban J connectivity index is 3.00. The number of ether oxygens (including phenoxy) is 2. The van der Waals surface area contributed by atoms with Gasteiger partial charge in [-0.3, -0.25) is 4.79 Å².